The first-order valence-electron chi connectivity index (χ1n) is 3.32. The smallest absolute Gasteiger partial charge is 0 e. The van der Waals surface area contributed by atoms with Gasteiger partial charge in [-0.1, -0.05) is 24.3 Å². The number of rotatable bonds is 0. The van der Waals surface area contributed by atoms with Gasteiger partial charge in [-0.25, -0.2) is 0 Å². The Morgan fingerprint density at radius 1 is 0.800 bits per heavy atom. The van der Waals surface area contributed by atoms with Gasteiger partial charge in [-0.2, -0.15) is 0 Å². The van der Waals surface area contributed by atoms with E-state index in [1.807, 2.05) is 0 Å². The Morgan fingerprint density at radius 3 is 1.60 bits per heavy atom. The molecule has 0 fully saturated rings. The molecular weight excluding hydrogens is 415 g/mol. The van der Waals surface area contributed by atoms with Gasteiger partial charge >= 0.3 is 0 Å². The summed E-state index contributed by atoms with van der Waals surface area (Å²) in [7, 11) is 0. The first-order chi connectivity index (χ1) is 4.00. The summed E-state index contributed by atoms with van der Waals surface area (Å²) < 4.78 is 0. The average Bonchev–Trinajstić information content (AvgIpc) is 1.62. The second kappa shape index (κ2) is 9.86. The van der Waals surface area contributed by atoms with Crippen LogP contribution in [0.2, 0.25) is 0 Å². The van der Waals surface area contributed by atoms with Gasteiger partial charge in [0, 0.05) is 20.1 Å². The van der Waals surface area contributed by atoms with Gasteiger partial charge in [0.05, 0.1) is 0 Å². The average molecular weight is 428 g/mol. The number of halogens is 1. The van der Waals surface area contributed by atoms with E-state index in [1.165, 1.54) is 25.7 Å². The van der Waals surface area contributed by atoms with E-state index in [1.54, 1.807) is 0 Å². The molecule has 0 nitrogen and oxygen atoms in total. The number of hydrogen-bond acceptors (Lipinski definition) is 0. The van der Waals surface area contributed by atoms with Crippen LogP contribution in [0, 0.1) is 0 Å². The third-order valence-corrected chi connectivity index (χ3v) is 1.37. The van der Waals surface area contributed by atoms with Gasteiger partial charge in [0.2, 0.25) is 0 Å². The van der Waals surface area contributed by atoms with Gasteiger partial charge in [-0.05, 0) is 25.7 Å². The fourth-order valence-corrected chi connectivity index (χ4v) is 0.874. The maximum absolute atomic E-state index is 2.23. The molecule has 0 saturated heterocycles. The van der Waals surface area contributed by atoms with Gasteiger partial charge in [0.15, 0.2) is 0 Å². The van der Waals surface area contributed by atoms with Crippen molar-refractivity contribution in [3.05, 3.63) is 24.3 Å². The maximum atomic E-state index is 2.23. The van der Waals surface area contributed by atoms with Gasteiger partial charge in [0.25, 0.3) is 0 Å². The molecule has 1 radical (unpaired) electrons. The summed E-state index contributed by atoms with van der Waals surface area (Å²) in [5, 5.41) is 0. The Balaban J connectivity index is 0. The molecule has 0 aromatic heterocycles. The molecule has 0 spiro atoms. The minimum absolute atomic E-state index is 0. The van der Waals surface area contributed by atoms with Crippen molar-refractivity contribution in [2.24, 2.45) is 0 Å². The van der Waals surface area contributed by atoms with E-state index in [9.17, 15) is 0 Å². The summed E-state index contributed by atoms with van der Waals surface area (Å²) in [5.41, 5.74) is 0. The van der Waals surface area contributed by atoms with Gasteiger partial charge in [-0.15, -0.1) is 24.0 Å². The number of allylic oxidation sites excluding steroid dienone is 4. The van der Waals surface area contributed by atoms with Crippen LogP contribution in [0.5, 0.6) is 0 Å². The van der Waals surface area contributed by atoms with Crippen LogP contribution in [0.15, 0.2) is 24.3 Å². The van der Waals surface area contributed by atoms with Crippen LogP contribution in [-0.2, 0) is 20.1 Å². The van der Waals surface area contributed by atoms with Crippen molar-refractivity contribution in [3.63, 3.8) is 0 Å². The van der Waals surface area contributed by atoms with Crippen LogP contribution >= 0.6 is 24.0 Å². The second-order valence-electron chi connectivity index (χ2n) is 2.14. The molecule has 61 valence electrons. The standard InChI is InChI=1S/C8H12.HI.Ir/c1-2-4-6-8-7-5-3-1;;/h1-4H,5-8H2;1H;. The summed E-state index contributed by atoms with van der Waals surface area (Å²) in [6.07, 6.45) is 14.0. The summed E-state index contributed by atoms with van der Waals surface area (Å²) in [4.78, 5) is 0. The molecule has 0 heterocycles. The van der Waals surface area contributed by atoms with E-state index in [4.69, 9.17) is 0 Å². The molecule has 0 unspecified atom stereocenters. The van der Waals surface area contributed by atoms with Crippen molar-refractivity contribution >= 4 is 24.0 Å². The van der Waals surface area contributed by atoms with Crippen molar-refractivity contribution in [1.29, 1.82) is 0 Å². The summed E-state index contributed by atoms with van der Waals surface area (Å²) in [5.74, 6) is 0. The molecule has 1 rings (SSSR count). The van der Waals surface area contributed by atoms with Crippen molar-refractivity contribution < 1.29 is 20.1 Å². The van der Waals surface area contributed by atoms with Crippen LogP contribution < -0.4 is 0 Å². The maximum Gasteiger partial charge on any atom is 0 e. The molecule has 0 saturated carbocycles. The summed E-state index contributed by atoms with van der Waals surface area (Å²) >= 11 is 0. The molecule has 0 aliphatic heterocycles. The van der Waals surface area contributed by atoms with Gasteiger partial charge in [0.1, 0.15) is 0 Å². The zero-order valence-electron chi connectivity index (χ0n) is 5.88. The van der Waals surface area contributed by atoms with Gasteiger partial charge < -0.3 is 0 Å². The fraction of sp³-hybridized carbons (Fsp3) is 0.500. The minimum atomic E-state index is 0. The van der Waals surface area contributed by atoms with Crippen LogP contribution in [0.1, 0.15) is 25.7 Å². The van der Waals surface area contributed by atoms with Crippen molar-refractivity contribution in [3.8, 4) is 0 Å². The fourth-order valence-electron chi connectivity index (χ4n) is 0.874. The van der Waals surface area contributed by atoms with E-state index < -0.39 is 0 Å². The van der Waals surface area contributed by atoms with E-state index in [-0.39, 0.29) is 44.1 Å². The molecule has 1 aliphatic carbocycles. The van der Waals surface area contributed by atoms with E-state index >= 15 is 0 Å². The molecule has 0 bridgehead atoms. The van der Waals surface area contributed by atoms with Crippen molar-refractivity contribution in [1.82, 2.24) is 0 Å². The molecule has 0 aromatic rings. The normalized spacial score (nSPS) is 16.0. The van der Waals surface area contributed by atoms with E-state index in [2.05, 4.69) is 24.3 Å². The van der Waals surface area contributed by atoms with Crippen molar-refractivity contribution in [2.45, 2.75) is 25.7 Å². The first kappa shape index (κ1) is 13.4. The van der Waals surface area contributed by atoms with E-state index in [0.29, 0.717) is 0 Å². The predicted octanol–water partition coefficient (Wildman–Crippen LogP) is 3.29. The predicted molar refractivity (Wildman–Crippen MR) is 52.2 cm³/mol. The Morgan fingerprint density at radius 2 is 1.20 bits per heavy atom. The Kier molecular flexibility index (Phi) is 13.3. The van der Waals surface area contributed by atoms with Crippen LogP contribution in [0.3, 0.4) is 0 Å². The zero-order chi connectivity index (χ0) is 5.66. The molecular formula is C8H13IIr. The van der Waals surface area contributed by atoms with Gasteiger partial charge in [-0.3, -0.25) is 0 Å². The molecule has 2 heteroatoms. The van der Waals surface area contributed by atoms with Crippen LogP contribution in [0.25, 0.3) is 0 Å². The topological polar surface area (TPSA) is 0 Å². The quantitative estimate of drug-likeness (QED) is 0.520. The molecule has 0 aromatic carbocycles. The third kappa shape index (κ3) is 6.97. The Hall–Kier alpha value is 0.859. The summed E-state index contributed by atoms with van der Waals surface area (Å²) in [6, 6.07) is 0. The Bertz CT molecular complexity index is 93.8. The monoisotopic (exact) mass is 429 g/mol. The largest absolute Gasteiger partial charge is 0.107 e. The number of hydrogen-bond donors (Lipinski definition) is 0. The Labute approximate surface area is 93.5 Å². The minimum Gasteiger partial charge on any atom is -0.107 e. The second-order valence-corrected chi connectivity index (χ2v) is 2.14. The first-order valence-corrected chi connectivity index (χ1v) is 3.32. The van der Waals surface area contributed by atoms with E-state index in [0.717, 1.165) is 0 Å². The molecule has 1 aliphatic rings. The molecule has 10 heavy (non-hydrogen) atoms. The van der Waals surface area contributed by atoms with Crippen molar-refractivity contribution in [2.75, 3.05) is 0 Å². The molecule has 0 N–H and O–H groups in total. The zero-order valence-corrected chi connectivity index (χ0v) is 10.6. The molecule has 0 amide bonds. The van der Waals surface area contributed by atoms with Crippen LogP contribution in [-0.4, -0.2) is 0 Å². The third-order valence-electron chi connectivity index (χ3n) is 1.37. The summed E-state index contributed by atoms with van der Waals surface area (Å²) in [6.45, 7) is 0. The molecule has 0 atom stereocenters. The SMILES string of the molecule is C1=CCCCCC=C1.I.[Ir]. The van der Waals surface area contributed by atoms with Crippen LogP contribution in [0.4, 0.5) is 0 Å².